The monoisotopic (exact) mass is 474 g/mol. The van der Waals surface area contributed by atoms with Crippen LogP contribution in [0, 0.1) is 0 Å². The second kappa shape index (κ2) is 10.1. The summed E-state index contributed by atoms with van der Waals surface area (Å²) >= 11 is 6.26. The number of ketones is 1. The van der Waals surface area contributed by atoms with E-state index in [1.54, 1.807) is 12.1 Å². The van der Waals surface area contributed by atoms with Gasteiger partial charge in [0.15, 0.2) is 0 Å². The van der Waals surface area contributed by atoms with Crippen molar-refractivity contribution in [3.8, 4) is 17.2 Å². The van der Waals surface area contributed by atoms with Crippen LogP contribution in [0.1, 0.15) is 23.6 Å². The number of aliphatic hydroxyl groups is 1. The Kier molecular flexibility index (Phi) is 7.50. The van der Waals surface area contributed by atoms with Crippen LogP contribution in [0.25, 0.3) is 5.76 Å². The Balaban J connectivity index is 2.17. The quantitative estimate of drug-likeness (QED) is 0.343. The summed E-state index contributed by atoms with van der Waals surface area (Å²) in [5.41, 5.74) is 0.672. The van der Waals surface area contributed by atoms with E-state index in [0.29, 0.717) is 30.8 Å². The zero-order valence-corrected chi connectivity index (χ0v) is 19.7. The molecule has 1 atom stereocenters. The summed E-state index contributed by atoms with van der Waals surface area (Å²) in [6.45, 7) is 1.03. The third-order valence-corrected chi connectivity index (χ3v) is 5.78. The number of carbonyl (C=O) groups excluding carboxylic acids is 2. The van der Waals surface area contributed by atoms with E-state index in [4.69, 9.17) is 21.1 Å². The number of likely N-dealkylation sites (tertiary alicyclic amines) is 1. The Morgan fingerprint density at radius 2 is 1.73 bits per heavy atom. The van der Waals surface area contributed by atoms with Gasteiger partial charge >= 0.3 is 0 Å². The standard InChI is InChI=1S/C24H27ClN2O6/c1-26(2)10-5-11-27-21(14-6-8-15(28)9-7-14)20(23(30)24(27)31)22(29)16-12-17(25)19(33-4)13-18(16)32-3/h6-9,12-13,21,28-29H,5,10-11H2,1-4H3/b22-20+. The lowest BCUT2D eigenvalue weighted by Gasteiger charge is -2.26. The first-order chi connectivity index (χ1) is 15.7. The molecule has 0 saturated carbocycles. The predicted molar refractivity (Wildman–Crippen MR) is 125 cm³/mol. The van der Waals surface area contributed by atoms with Gasteiger partial charge in [0.2, 0.25) is 0 Å². The molecule has 2 N–H and O–H groups in total. The molecule has 0 aromatic heterocycles. The van der Waals surface area contributed by atoms with E-state index < -0.39 is 23.5 Å². The minimum atomic E-state index is -0.835. The molecule has 1 aliphatic rings. The van der Waals surface area contributed by atoms with E-state index in [2.05, 4.69) is 0 Å². The van der Waals surface area contributed by atoms with Crippen molar-refractivity contribution in [1.29, 1.82) is 0 Å². The summed E-state index contributed by atoms with van der Waals surface area (Å²) < 4.78 is 10.6. The van der Waals surface area contributed by atoms with Gasteiger partial charge in [0.1, 0.15) is 23.0 Å². The molecule has 1 amide bonds. The Morgan fingerprint density at radius 3 is 2.30 bits per heavy atom. The molecule has 1 unspecified atom stereocenters. The molecule has 0 radical (unpaired) electrons. The molecule has 0 bridgehead atoms. The second-order valence-corrected chi connectivity index (χ2v) is 8.34. The number of aliphatic hydroxyl groups excluding tert-OH is 1. The van der Waals surface area contributed by atoms with Crippen molar-refractivity contribution in [3.63, 3.8) is 0 Å². The average Bonchev–Trinajstić information content (AvgIpc) is 3.03. The summed E-state index contributed by atoms with van der Waals surface area (Å²) in [5.74, 6) is -1.28. The van der Waals surface area contributed by atoms with E-state index in [9.17, 15) is 19.8 Å². The van der Waals surface area contributed by atoms with Crippen LogP contribution in [0.2, 0.25) is 5.02 Å². The lowest BCUT2D eigenvalue weighted by molar-refractivity contribution is -0.139. The molecule has 9 heteroatoms. The summed E-state index contributed by atoms with van der Waals surface area (Å²) in [7, 11) is 6.71. The number of ether oxygens (including phenoxy) is 2. The Labute approximate surface area is 197 Å². The van der Waals surface area contributed by atoms with E-state index in [-0.39, 0.29) is 27.7 Å². The molecule has 1 fully saturated rings. The van der Waals surface area contributed by atoms with E-state index >= 15 is 0 Å². The average molecular weight is 475 g/mol. The number of aromatic hydroxyl groups is 1. The number of benzene rings is 2. The Bertz CT molecular complexity index is 1080. The number of halogens is 1. The highest BCUT2D eigenvalue weighted by atomic mass is 35.5. The third kappa shape index (κ3) is 4.91. The fraction of sp³-hybridized carbons (Fsp3) is 0.333. The fourth-order valence-electron chi connectivity index (χ4n) is 3.86. The van der Waals surface area contributed by atoms with Gasteiger partial charge in [-0.1, -0.05) is 23.7 Å². The first-order valence-electron chi connectivity index (χ1n) is 10.3. The van der Waals surface area contributed by atoms with Gasteiger partial charge in [0.25, 0.3) is 11.7 Å². The van der Waals surface area contributed by atoms with Crippen LogP contribution in [0.5, 0.6) is 17.2 Å². The summed E-state index contributed by atoms with van der Waals surface area (Å²) in [5, 5.41) is 21.2. The van der Waals surface area contributed by atoms with Crippen molar-refractivity contribution in [1.82, 2.24) is 9.80 Å². The van der Waals surface area contributed by atoms with Crippen LogP contribution in [-0.2, 0) is 9.59 Å². The molecule has 1 saturated heterocycles. The highest BCUT2D eigenvalue weighted by Gasteiger charge is 2.46. The molecule has 2 aromatic carbocycles. The number of Topliss-reactive ketones (excluding diaryl/α,β-unsaturated/α-hetero) is 1. The number of hydrogen-bond acceptors (Lipinski definition) is 7. The van der Waals surface area contributed by atoms with Gasteiger partial charge in [-0.05, 0) is 50.8 Å². The summed E-state index contributed by atoms with van der Waals surface area (Å²) in [6, 6.07) is 8.29. The molecule has 8 nitrogen and oxygen atoms in total. The number of amides is 1. The normalized spacial score (nSPS) is 17.6. The number of carbonyl (C=O) groups is 2. The zero-order valence-electron chi connectivity index (χ0n) is 19.0. The van der Waals surface area contributed by atoms with E-state index in [1.807, 2.05) is 19.0 Å². The molecule has 3 rings (SSSR count). The highest BCUT2D eigenvalue weighted by Crippen LogP contribution is 2.43. The molecule has 0 spiro atoms. The molecule has 0 aliphatic carbocycles. The number of hydrogen-bond donors (Lipinski definition) is 2. The maximum absolute atomic E-state index is 13.1. The molecular formula is C24H27ClN2O6. The van der Waals surface area contributed by atoms with Gasteiger partial charge in [-0.2, -0.15) is 0 Å². The molecule has 33 heavy (non-hydrogen) atoms. The van der Waals surface area contributed by atoms with Crippen molar-refractivity contribution in [2.75, 3.05) is 41.4 Å². The van der Waals surface area contributed by atoms with Crippen molar-refractivity contribution in [2.24, 2.45) is 0 Å². The number of phenols is 1. The zero-order chi connectivity index (χ0) is 24.3. The maximum Gasteiger partial charge on any atom is 0.295 e. The topological polar surface area (TPSA) is 99.5 Å². The van der Waals surface area contributed by atoms with Gasteiger partial charge in [-0.15, -0.1) is 0 Å². The number of rotatable bonds is 8. The van der Waals surface area contributed by atoms with Crippen LogP contribution in [-0.4, -0.2) is 73.1 Å². The fourth-order valence-corrected chi connectivity index (χ4v) is 4.10. The Morgan fingerprint density at radius 1 is 1.09 bits per heavy atom. The van der Waals surface area contributed by atoms with Gasteiger partial charge in [-0.25, -0.2) is 0 Å². The van der Waals surface area contributed by atoms with E-state index in [1.165, 1.54) is 43.4 Å². The molecular weight excluding hydrogens is 448 g/mol. The van der Waals surface area contributed by atoms with Crippen LogP contribution < -0.4 is 9.47 Å². The number of phenolic OH excluding ortho intramolecular Hbond substituents is 1. The van der Waals surface area contributed by atoms with Crippen molar-refractivity contribution in [2.45, 2.75) is 12.5 Å². The maximum atomic E-state index is 13.1. The third-order valence-electron chi connectivity index (χ3n) is 5.48. The largest absolute Gasteiger partial charge is 0.508 e. The van der Waals surface area contributed by atoms with E-state index in [0.717, 1.165) is 0 Å². The molecule has 1 aliphatic heterocycles. The van der Waals surface area contributed by atoms with Gasteiger partial charge < -0.3 is 29.5 Å². The highest BCUT2D eigenvalue weighted by molar-refractivity contribution is 6.46. The molecule has 1 heterocycles. The minimum Gasteiger partial charge on any atom is -0.508 e. The van der Waals surface area contributed by atoms with Gasteiger partial charge in [-0.3, -0.25) is 9.59 Å². The lowest BCUT2D eigenvalue weighted by Crippen LogP contribution is -2.32. The number of methoxy groups -OCH3 is 2. The van der Waals surface area contributed by atoms with Gasteiger partial charge in [0, 0.05) is 12.6 Å². The van der Waals surface area contributed by atoms with Crippen LogP contribution in [0.15, 0.2) is 42.0 Å². The van der Waals surface area contributed by atoms with Crippen molar-refractivity contribution < 1.29 is 29.3 Å². The van der Waals surface area contributed by atoms with Crippen LogP contribution in [0.3, 0.4) is 0 Å². The summed E-state index contributed by atoms with van der Waals surface area (Å²) in [6.07, 6.45) is 0.631. The van der Waals surface area contributed by atoms with Crippen molar-refractivity contribution in [3.05, 3.63) is 58.1 Å². The second-order valence-electron chi connectivity index (χ2n) is 7.93. The molecule has 2 aromatic rings. The first-order valence-corrected chi connectivity index (χ1v) is 10.7. The van der Waals surface area contributed by atoms with Crippen LogP contribution >= 0.6 is 11.6 Å². The van der Waals surface area contributed by atoms with Crippen LogP contribution in [0.4, 0.5) is 0 Å². The first kappa shape index (κ1) is 24.4. The van der Waals surface area contributed by atoms with Crippen molar-refractivity contribution >= 4 is 29.1 Å². The lowest BCUT2D eigenvalue weighted by atomic mass is 9.94. The minimum absolute atomic E-state index is 0.0481. The summed E-state index contributed by atoms with van der Waals surface area (Å²) in [4.78, 5) is 29.5. The number of nitrogens with zero attached hydrogens (tertiary/aromatic N) is 2. The van der Waals surface area contributed by atoms with Gasteiger partial charge in [0.05, 0.1) is 36.4 Å². The predicted octanol–water partition coefficient (Wildman–Crippen LogP) is 3.44. The smallest absolute Gasteiger partial charge is 0.295 e. The molecule has 176 valence electrons. The Hall–Kier alpha value is -3.23. The SMILES string of the molecule is COc1cc(OC)c(/C(O)=C2\C(=O)C(=O)N(CCCN(C)C)C2c2ccc(O)cc2)cc1Cl.